The Labute approximate surface area is 841 Å². The molecule has 0 N–H and O–H groups in total. The summed E-state index contributed by atoms with van der Waals surface area (Å²) in [7, 11) is 8.85. The molecule has 19 nitrogen and oxygen atoms in total. The van der Waals surface area contributed by atoms with E-state index in [0.29, 0.717) is 22.7 Å². The summed E-state index contributed by atoms with van der Waals surface area (Å²) in [5.74, 6) is 2.16. The largest absolute Gasteiger partial charge is 0.496 e. The predicted octanol–water partition coefficient (Wildman–Crippen LogP) is 32.7. The van der Waals surface area contributed by atoms with Crippen molar-refractivity contribution in [2.45, 2.75) is 108 Å². The second kappa shape index (κ2) is 41.6. The SMILES string of the molecule is CN(C)P1OC(c2ccccc2)(c2ccccc2)[C@@H]2OC3(CCCC3)O[C@H]2C(c2ccccc2)(c2ccccc2)O1.COc1cc2ccccc2c2c1op(C)oc1c(OC)cc3ccccc3c12.COc1cccc2op(N(C)C)oc3cccc(OC)c3c12.Cc1cccc2op(N(C)C)oc3cccc(C)c3c12.Cp1oc2c([Si](C)(C)C)cc3ccccc3c2c2c(o1)c([Si](C)(C)C)cc1ccccc12. The van der Waals surface area contributed by atoms with Gasteiger partial charge in [0.2, 0.25) is 16.0 Å². The minimum atomic E-state index is -1.68. The molecule has 20 aromatic rings. The molecule has 734 valence electrons. The lowest BCUT2D eigenvalue weighted by molar-refractivity contribution is -0.194. The van der Waals surface area contributed by atoms with Gasteiger partial charge < -0.3 is 71.0 Å². The van der Waals surface area contributed by atoms with E-state index < -0.39 is 86.2 Å². The number of ether oxygens (including phenoxy) is 6. The highest BCUT2D eigenvalue weighted by Gasteiger charge is 2.69. The van der Waals surface area contributed by atoms with Gasteiger partial charge in [-0.05, 0) is 176 Å². The third-order valence-corrected chi connectivity index (χ3v) is 36.8. The van der Waals surface area contributed by atoms with E-state index >= 15 is 0 Å². The van der Waals surface area contributed by atoms with Crippen LogP contribution in [0.3, 0.4) is 0 Å². The van der Waals surface area contributed by atoms with E-state index in [9.17, 15) is 0 Å². The Kier molecular flexibility index (Phi) is 29.0. The van der Waals surface area contributed by atoms with Gasteiger partial charge in [0.25, 0.3) is 8.53 Å². The lowest BCUT2D eigenvalue weighted by atomic mass is 9.72. The van der Waals surface area contributed by atoms with Gasteiger partial charge >= 0.3 is 16.3 Å². The smallest absolute Gasteiger partial charge is 0.309 e. The fraction of sp³-hybridized carbons (Fsp3) is 0.248. The van der Waals surface area contributed by atoms with Gasteiger partial charge in [-0.2, -0.15) is 0 Å². The number of nitrogens with zero attached hydrogens (tertiary/aromatic N) is 3. The van der Waals surface area contributed by atoms with Crippen molar-refractivity contribution in [1.82, 2.24) is 4.67 Å². The molecule has 6 heterocycles. The van der Waals surface area contributed by atoms with Gasteiger partial charge in [-0.25, -0.2) is 14.0 Å². The molecule has 0 amide bonds. The number of aryl methyl sites for hydroxylation is 4. The maximum Gasteiger partial charge on any atom is 0.309 e. The van der Waals surface area contributed by atoms with Gasteiger partial charge in [-0.15, -0.1) is 0 Å². The Hall–Kier alpha value is -12.1. The van der Waals surface area contributed by atoms with Gasteiger partial charge in [0.1, 0.15) is 57.2 Å². The molecule has 1 aliphatic carbocycles. The van der Waals surface area contributed by atoms with Gasteiger partial charge in [-0.1, -0.05) is 306 Å². The number of rotatable bonds is 13. The van der Waals surface area contributed by atoms with Crippen LogP contribution in [0.15, 0.2) is 349 Å². The van der Waals surface area contributed by atoms with Crippen molar-refractivity contribution in [1.29, 1.82) is 0 Å². The van der Waals surface area contributed by atoms with Gasteiger partial charge in [0.05, 0.1) is 55.4 Å². The van der Waals surface area contributed by atoms with Crippen molar-refractivity contribution in [2.75, 3.05) is 80.1 Å². The second-order valence-electron chi connectivity index (χ2n) is 38.9. The van der Waals surface area contributed by atoms with Crippen molar-refractivity contribution in [3.8, 4) is 23.0 Å². The normalized spacial score (nSPS) is 15.5. The highest BCUT2D eigenvalue weighted by atomic mass is 31.2. The number of methoxy groups -OCH3 is 4. The molecule has 0 unspecified atom stereocenters. The van der Waals surface area contributed by atoms with Crippen LogP contribution in [0.5, 0.6) is 23.0 Å². The molecule has 3 fully saturated rings. The van der Waals surface area contributed by atoms with E-state index in [4.69, 9.17) is 71.0 Å². The van der Waals surface area contributed by atoms with Crippen LogP contribution < -0.4 is 38.7 Å². The Morgan fingerprint density at radius 3 is 0.874 bits per heavy atom. The number of fused-ring (bicyclic) bond motifs is 21. The summed E-state index contributed by atoms with van der Waals surface area (Å²) >= 11 is 0. The van der Waals surface area contributed by atoms with Crippen molar-refractivity contribution >= 4 is 198 Å². The van der Waals surface area contributed by atoms with E-state index in [1.165, 1.54) is 53.8 Å². The van der Waals surface area contributed by atoms with E-state index in [2.05, 4.69) is 259 Å². The van der Waals surface area contributed by atoms with Crippen LogP contribution in [-0.4, -0.2) is 110 Å². The van der Waals surface area contributed by atoms with Gasteiger partial charge in [0, 0.05) is 86.7 Å². The molecule has 16 aromatic carbocycles. The van der Waals surface area contributed by atoms with Crippen LogP contribution in [0.25, 0.3) is 131 Å². The molecular formula is C117H122N3O16P5Si2. The van der Waals surface area contributed by atoms with Gasteiger partial charge in [0.15, 0.2) is 39.7 Å². The van der Waals surface area contributed by atoms with Crippen molar-refractivity contribution in [3.05, 3.63) is 349 Å². The topological polar surface area (TPSA) is 189 Å². The molecule has 0 bridgehead atoms. The molecule has 23 rings (SSSR count). The molecule has 1 saturated carbocycles. The van der Waals surface area contributed by atoms with Crippen LogP contribution in [-0.2, 0) is 43.1 Å². The standard InChI is InChI=1S/C35H36NO4P.C27H31O2PSi2.C23H19O4P.C16H18NO4P.C16H18NO2P/c1-36(2)41-39-34(27-17-7-3-8-18-27,28-19-9-4-10-20-28)31-32(38-33(37-31)25-15-16-26-33)35(40-41,29-21-11-5-12-22-29)30-23-13-6-14-24-30;1-30-28-26-22(31(2,3)4)16-18-12-8-10-14-20(18)24(26)25-21-15-11-9-13-19(21)17-23(27(25)29-30)32(5,6)7;1-24-18-12-14-8-4-6-10-16(14)20-21-17-11-7-5-9-15(17)13-19(25-2)23(21)27-28(3)26-22(18)20;1-17(2)22-20-13-9-5-7-11(18-3)15(13)16-12(19-4)8-6-10-14(16)21-22;1-11-7-5-9-13-15(11)16-12(2)8-6-10-14(16)19-20(18-13)17(3)4/h3-14,17-24,31-32H,15-16,25-26H2,1-2H3;8-17H,1-7H3;4-13H,1-3H3;5-10H,1-4H3;5-10H,1-4H3/t31-,32-;;;;/m1..../s1. The molecule has 1 spiro atoms. The monoisotopic (exact) mass is 2040 g/mol. The lowest BCUT2D eigenvalue weighted by Crippen LogP contribution is -2.53. The first-order valence-electron chi connectivity index (χ1n) is 48.2. The van der Waals surface area contributed by atoms with Crippen molar-refractivity contribution in [2.24, 2.45) is 13.3 Å². The van der Waals surface area contributed by atoms with E-state index in [1.807, 2.05) is 180 Å². The molecule has 2 saturated heterocycles. The fourth-order valence-electron chi connectivity index (χ4n) is 20.2. The molecule has 2 atom stereocenters. The number of hydrogen-bond donors (Lipinski definition) is 0. The molecule has 143 heavy (non-hydrogen) atoms. The predicted molar refractivity (Wildman–Crippen MR) is 600 cm³/mol. The first-order chi connectivity index (χ1) is 69.1. The van der Waals surface area contributed by atoms with Crippen molar-refractivity contribution < 1.29 is 71.0 Å². The summed E-state index contributed by atoms with van der Waals surface area (Å²) in [5, 5.41) is 20.5. The number of benzene rings is 16. The quantitative estimate of drug-likeness (QED) is 0.0782. The first-order valence-corrected chi connectivity index (χ1v) is 61.9. The molecule has 0 radical (unpaired) electrons. The summed E-state index contributed by atoms with van der Waals surface area (Å²) < 4.78 is 108. The van der Waals surface area contributed by atoms with E-state index in [0.717, 1.165) is 147 Å². The van der Waals surface area contributed by atoms with Crippen molar-refractivity contribution in [3.63, 3.8) is 0 Å². The number of hydrogen-bond acceptors (Lipinski definition) is 19. The molecule has 3 aliphatic rings. The van der Waals surface area contributed by atoms with E-state index in [-0.39, 0.29) is 0 Å². The minimum Gasteiger partial charge on any atom is -0.496 e. The Bertz CT molecular complexity index is 7760. The van der Waals surface area contributed by atoms with E-state index in [1.54, 1.807) is 28.4 Å². The molecule has 4 aromatic heterocycles. The zero-order chi connectivity index (χ0) is 100.0. The second-order valence-corrected chi connectivity index (χ2v) is 56.4. The van der Waals surface area contributed by atoms with Crippen LogP contribution >= 0.6 is 40.9 Å². The summed E-state index contributed by atoms with van der Waals surface area (Å²) in [4.78, 5) is 0. The maximum absolute atomic E-state index is 7.41. The van der Waals surface area contributed by atoms with Crippen LogP contribution in [0.4, 0.5) is 0 Å². The molecular weight excluding hydrogens is 1910 g/mol. The van der Waals surface area contributed by atoms with Gasteiger partial charge in [-0.3, -0.25) is 0 Å². The summed E-state index contributed by atoms with van der Waals surface area (Å²) in [5.41, 5.74) is 11.3. The Morgan fingerprint density at radius 1 is 0.294 bits per heavy atom. The minimum absolute atomic E-state index is 0.502. The summed E-state index contributed by atoms with van der Waals surface area (Å²) in [6, 6.07) is 109. The third-order valence-electron chi connectivity index (χ3n) is 26.8. The van der Waals surface area contributed by atoms with Crippen LogP contribution in [0.1, 0.15) is 59.1 Å². The molecule has 26 heteroatoms. The Balaban J connectivity index is 0.000000116. The van der Waals surface area contributed by atoms with Crippen LogP contribution in [0.2, 0.25) is 39.3 Å². The lowest BCUT2D eigenvalue weighted by Gasteiger charge is -2.41. The highest BCUT2D eigenvalue weighted by molar-refractivity contribution is 7.44. The maximum atomic E-state index is 7.41. The average Bonchev–Trinajstić information content (AvgIpc) is 1.53. The first kappa shape index (κ1) is 99.7. The Morgan fingerprint density at radius 2 is 0.573 bits per heavy atom. The summed E-state index contributed by atoms with van der Waals surface area (Å²) in [6.07, 6.45) is 2.83. The molecule has 2 aliphatic heterocycles. The van der Waals surface area contributed by atoms with Crippen LogP contribution in [0, 0.1) is 13.8 Å². The fourth-order valence-corrected chi connectivity index (χ4v) is 28.6. The summed E-state index contributed by atoms with van der Waals surface area (Å²) in [6.45, 7) is 22.7. The zero-order valence-corrected chi connectivity index (χ0v) is 91.1. The highest BCUT2D eigenvalue weighted by Crippen LogP contribution is 2.67. The average molecular weight is 2040 g/mol. The third kappa shape index (κ3) is 19.2. The zero-order valence-electron chi connectivity index (χ0n) is 84.6.